The molecule has 4 rings (SSSR count). The largest absolute Gasteiger partial charge is 0.497 e. The molecule has 0 aliphatic heterocycles. The monoisotopic (exact) mass is 431 g/mol. The lowest BCUT2D eigenvalue weighted by Gasteiger charge is -2.16. The van der Waals surface area contributed by atoms with Crippen LogP contribution in [0.4, 0.5) is 0 Å². The van der Waals surface area contributed by atoms with E-state index in [9.17, 15) is 4.79 Å². The van der Waals surface area contributed by atoms with E-state index in [4.69, 9.17) is 19.0 Å². The molecule has 7 heteroatoms. The van der Waals surface area contributed by atoms with Crippen molar-refractivity contribution in [3.63, 3.8) is 0 Å². The summed E-state index contributed by atoms with van der Waals surface area (Å²) >= 11 is 0. The SMILES string of the molecule is COc1ccc(OC)c(-c2nn(-c3ccccc3)cc2C(=O)N(C)Cc2ccc(C)o2)c1. The van der Waals surface area contributed by atoms with Gasteiger partial charge in [0.15, 0.2) is 0 Å². The normalized spacial score (nSPS) is 10.8. The number of aryl methyl sites for hydroxylation is 1. The second kappa shape index (κ2) is 9.01. The predicted octanol–water partition coefficient (Wildman–Crippen LogP) is 4.73. The molecule has 164 valence electrons. The van der Waals surface area contributed by atoms with Crippen LogP contribution in [0, 0.1) is 6.92 Å². The third-order valence-electron chi connectivity index (χ3n) is 5.16. The number of aromatic nitrogens is 2. The fourth-order valence-electron chi connectivity index (χ4n) is 3.52. The van der Waals surface area contributed by atoms with E-state index in [-0.39, 0.29) is 5.91 Å². The van der Waals surface area contributed by atoms with Gasteiger partial charge in [0.1, 0.15) is 28.7 Å². The van der Waals surface area contributed by atoms with E-state index in [0.29, 0.717) is 40.6 Å². The lowest BCUT2D eigenvalue weighted by Crippen LogP contribution is -2.26. The lowest BCUT2D eigenvalue weighted by molar-refractivity contribution is 0.0775. The Kier molecular flexibility index (Phi) is 5.98. The molecule has 0 aliphatic rings. The Labute approximate surface area is 186 Å². The van der Waals surface area contributed by atoms with Crippen LogP contribution in [0.1, 0.15) is 21.9 Å². The Morgan fingerprint density at radius 1 is 1.06 bits per heavy atom. The molecule has 0 radical (unpaired) electrons. The van der Waals surface area contributed by atoms with Crippen LogP contribution in [0.5, 0.6) is 11.5 Å². The van der Waals surface area contributed by atoms with Gasteiger partial charge in [-0.05, 0) is 49.4 Å². The van der Waals surface area contributed by atoms with Gasteiger partial charge in [0, 0.05) is 18.8 Å². The van der Waals surface area contributed by atoms with Crippen molar-refractivity contribution < 1.29 is 18.7 Å². The maximum Gasteiger partial charge on any atom is 0.257 e. The average molecular weight is 431 g/mol. The van der Waals surface area contributed by atoms with E-state index in [1.807, 2.05) is 61.5 Å². The third-order valence-corrected chi connectivity index (χ3v) is 5.16. The minimum atomic E-state index is -0.180. The Bertz CT molecular complexity index is 1230. The number of hydrogen-bond acceptors (Lipinski definition) is 5. The molecule has 1 amide bonds. The van der Waals surface area contributed by atoms with Gasteiger partial charge in [0.2, 0.25) is 0 Å². The highest BCUT2D eigenvalue weighted by molar-refractivity contribution is 6.00. The summed E-state index contributed by atoms with van der Waals surface area (Å²) in [4.78, 5) is 15.1. The molecule has 0 spiro atoms. The molecule has 0 saturated heterocycles. The van der Waals surface area contributed by atoms with Gasteiger partial charge in [-0.3, -0.25) is 4.79 Å². The molecule has 0 unspecified atom stereocenters. The van der Waals surface area contributed by atoms with E-state index < -0.39 is 0 Å². The Balaban J connectivity index is 1.80. The molecule has 0 saturated carbocycles. The number of amides is 1. The van der Waals surface area contributed by atoms with Crippen molar-refractivity contribution in [1.29, 1.82) is 0 Å². The van der Waals surface area contributed by atoms with Crippen molar-refractivity contribution in [3.8, 4) is 28.4 Å². The first kappa shape index (κ1) is 21.2. The van der Waals surface area contributed by atoms with Gasteiger partial charge in [-0.1, -0.05) is 18.2 Å². The maximum absolute atomic E-state index is 13.5. The first-order valence-corrected chi connectivity index (χ1v) is 10.2. The average Bonchev–Trinajstić information content (AvgIpc) is 3.45. The number of hydrogen-bond donors (Lipinski definition) is 0. The number of rotatable bonds is 7. The molecule has 0 N–H and O–H groups in total. The van der Waals surface area contributed by atoms with Gasteiger partial charge in [-0.25, -0.2) is 4.68 Å². The van der Waals surface area contributed by atoms with Crippen LogP contribution in [-0.2, 0) is 6.54 Å². The van der Waals surface area contributed by atoms with Gasteiger partial charge < -0.3 is 18.8 Å². The van der Waals surface area contributed by atoms with E-state index in [0.717, 1.165) is 11.4 Å². The summed E-state index contributed by atoms with van der Waals surface area (Å²) in [6.07, 6.45) is 1.75. The first-order valence-electron chi connectivity index (χ1n) is 10.2. The van der Waals surface area contributed by atoms with Crippen molar-refractivity contribution >= 4 is 5.91 Å². The van der Waals surface area contributed by atoms with Crippen LogP contribution >= 0.6 is 0 Å². The summed E-state index contributed by atoms with van der Waals surface area (Å²) in [7, 11) is 4.93. The molecule has 0 fully saturated rings. The van der Waals surface area contributed by atoms with Crippen LogP contribution in [-0.4, -0.2) is 41.9 Å². The van der Waals surface area contributed by atoms with E-state index in [1.165, 1.54) is 0 Å². The summed E-state index contributed by atoms with van der Waals surface area (Å²) in [6, 6.07) is 18.8. The Morgan fingerprint density at radius 3 is 2.50 bits per heavy atom. The molecule has 32 heavy (non-hydrogen) atoms. The van der Waals surface area contributed by atoms with Crippen LogP contribution in [0.2, 0.25) is 0 Å². The molecule has 0 bridgehead atoms. The molecular weight excluding hydrogens is 406 g/mol. The van der Waals surface area contributed by atoms with Crippen LogP contribution < -0.4 is 9.47 Å². The summed E-state index contributed by atoms with van der Waals surface area (Å²) in [5.41, 5.74) is 2.48. The molecular formula is C25H25N3O4. The standard InChI is InChI=1S/C25H25N3O4/c1-17-10-11-20(32-17)15-27(2)25(29)22-16-28(18-8-6-5-7-9-18)26-24(22)21-14-19(30-3)12-13-23(21)31-4/h5-14,16H,15H2,1-4H3. The summed E-state index contributed by atoms with van der Waals surface area (Å²) in [5.74, 6) is 2.59. The second-order valence-corrected chi connectivity index (χ2v) is 7.41. The summed E-state index contributed by atoms with van der Waals surface area (Å²) < 4.78 is 18.3. The number of ether oxygens (including phenoxy) is 2. The Morgan fingerprint density at radius 2 is 1.84 bits per heavy atom. The first-order chi connectivity index (χ1) is 15.5. The quantitative estimate of drug-likeness (QED) is 0.423. The highest BCUT2D eigenvalue weighted by atomic mass is 16.5. The third kappa shape index (κ3) is 4.23. The van der Waals surface area contributed by atoms with Gasteiger partial charge in [0.05, 0.1) is 32.0 Å². The topological polar surface area (TPSA) is 69.7 Å². The highest BCUT2D eigenvalue weighted by Crippen LogP contribution is 2.35. The molecule has 2 aromatic heterocycles. The number of carbonyl (C=O) groups is 1. The molecule has 2 aromatic carbocycles. The van der Waals surface area contributed by atoms with Crippen LogP contribution in [0.3, 0.4) is 0 Å². The van der Waals surface area contributed by atoms with Crippen molar-refractivity contribution in [2.75, 3.05) is 21.3 Å². The number of carbonyl (C=O) groups excluding carboxylic acids is 1. The second-order valence-electron chi connectivity index (χ2n) is 7.41. The zero-order chi connectivity index (χ0) is 22.7. The smallest absolute Gasteiger partial charge is 0.257 e. The van der Waals surface area contributed by atoms with Crippen LogP contribution in [0.25, 0.3) is 16.9 Å². The molecule has 4 aromatic rings. The molecule has 0 aliphatic carbocycles. The minimum absolute atomic E-state index is 0.180. The maximum atomic E-state index is 13.5. The number of para-hydroxylation sites is 1. The van der Waals surface area contributed by atoms with Gasteiger partial charge in [-0.15, -0.1) is 0 Å². The van der Waals surface area contributed by atoms with Crippen molar-refractivity contribution in [3.05, 3.63) is 83.9 Å². The van der Waals surface area contributed by atoms with Gasteiger partial charge in [0.25, 0.3) is 5.91 Å². The summed E-state index contributed by atoms with van der Waals surface area (Å²) in [5, 5.41) is 4.76. The Hall–Kier alpha value is -4.00. The zero-order valence-electron chi connectivity index (χ0n) is 18.5. The van der Waals surface area contributed by atoms with E-state index >= 15 is 0 Å². The predicted molar refractivity (Wildman–Crippen MR) is 121 cm³/mol. The van der Waals surface area contributed by atoms with Crippen molar-refractivity contribution in [1.82, 2.24) is 14.7 Å². The minimum Gasteiger partial charge on any atom is -0.497 e. The van der Waals surface area contributed by atoms with Crippen molar-refractivity contribution in [2.24, 2.45) is 0 Å². The highest BCUT2D eigenvalue weighted by Gasteiger charge is 2.24. The lowest BCUT2D eigenvalue weighted by atomic mass is 10.1. The fourth-order valence-corrected chi connectivity index (χ4v) is 3.52. The van der Waals surface area contributed by atoms with E-state index in [2.05, 4.69) is 0 Å². The number of benzene rings is 2. The molecule has 0 atom stereocenters. The van der Waals surface area contributed by atoms with Crippen molar-refractivity contribution in [2.45, 2.75) is 13.5 Å². The summed E-state index contributed by atoms with van der Waals surface area (Å²) in [6.45, 7) is 2.22. The molecule has 7 nitrogen and oxygen atoms in total. The molecule has 2 heterocycles. The fraction of sp³-hybridized carbons (Fsp3) is 0.200. The number of nitrogens with zero attached hydrogens (tertiary/aromatic N) is 3. The number of furan rings is 1. The zero-order valence-corrected chi connectivity index (χ0v) is 18.5. The number of methoxy groups -OCH3 is 2. The van der Waals surface area contributed by atoms with Crippen LogP contribution in [0.15, 0.2) is 71.3 Å². The van der Waals surface area contributed by atoms with Gasteiger partial charge in [-0.2, -0.15) is 5.10 Å². The van der Waals surface area contributed by atoms with Gasteiger partial charge >= 0.3 is 0 Å². The van der Waals surface area contributed by atoms with E-state index in [1.54, 1.807) is 43.1 Å².